The van der Waals surface area contributed by atoms with Crippen LogP contribution in [0.15, 0.2) is 41.8 Å². The molecule has 0 aliphatic heterocycles. The van der Waals surface area contributed by atoms with Gasteiger partial charge in [-0.25, -0.2) is 0 Å². The van der Waals surface area contributed by atoms with Gasteiger partial charge in [0, 0.05) is 16.0 Å². The van der Waals surface area contributed by atoms with E-state index in [2.05, 4.69) is 0 Å². The van der Waals surface area contributed by atoms with Crippen molar-refractivity contribution in [2.24, 2.45) is 0 Å². The van der Waals surface area contributed by atoms with Gasteiger partial charge in [-0.15, -0.1) is 11.3 Å². The third kappa shape index (κ3) is 3.22. The number of phenols is 2. The fourth-order valence-electron chi connectivity index (χ4n) is 3.15. The van der Waals surface area contributed by atoms with Crippen molar-refractivity contribution < 1.29 is 19.7 Å². The van der Waals surface area contributed by atoms with Crippen LogP contribution >= 0.6 is 11.3 Å². The summed E-state index contributed by atoms with van der Waals surface area (Å²) < 4.78 is 10.8. The van der Waals surface area contributed by atoms with Crippen LogP contribution in [0.3, 0.4) is 0 Å². The second-order valence-corrected chi connectivity index (χ2v) is 7.19. The summed E-state index contributed by atoms with van der Waals surface area (Å²) in [6.45, 7) is 3.67. The van der Waals surface area contributed by atoms with Gasteiger partial charge in [-0.05, 0) is 60.7 Å². The summed E-state index contributed by atoms with van der Waals surface area (Å²) in [6, 6.07) is 11.2. The van der Waals surface area contributed by atoms with Gasteiger partial charge in [0.1, 0.15) is 23.0 Å². The molecule has 0 atom stereocenters. The van der Waals surface area contributed by atoms with Crippen molar-refractivity contribution in [2.75, 3.05) is 14.2 Å². The molecule has 0 bridgehead atoms. The summed E-state index contributed by atoms with van der Waals surface area (Å²) >= 11 is 1.57. The third-order valence-electron chi connectivity index (χ3n) is 4.53. The molecule has 4 nitrogen and oxygen atoms in total. The summed E-state index contributed by atoms with van der Waals surface area (Å²) in [5.41, 5.74) is 2.82. The highest BCUT2D eigenvalue weighted by Crippen LogP contribution is 2.46. The lowest BCUT2D eigenvalue weighted by Crippen LogP contribution is -2.05. The molecule has 3 rings (SSSR count). The van der Waals surface area contributed by atoms with Crippen LogP contribution in [0.2, 0.25) is 0 Å². The predicted molar refractivity (Wildman–Crippen MR) is 104 cm³/mol. The molecule has 0 radical (unpaired) electrons. The predicted octanol–water partition coefficient (Wildman–Crippen LogP) is 4.97. The van der Waals surface area contributed by atoms with Crippen molar-refractivity contribution >= 4 is 11.3 Å². The van der Waals surface area contributed by atoms with Crippen LogP contribution in [0.4, 0.5) is 0 Å². The molecular formula is C21H22O4S. The average Bonchev–Trinajstić information content (AvgIpc) is 3.16. The molecule has 1 heterocycles. The Morgan fingerprint density at radius 2 is 1.35 bits per heavy atom. The summed E-state index contributed by atoms with van der Waals surface area (Å²) in [5.74, 6) is 1.39. The zero-order chi connectivity index (χ0) is 18.8. The van der Waals surface area contributed by atoms with Gasteiger partial charge in [0.05, 0.1) is 20.1 Å². The third-order valence-corrected chi connectivity index (χ3v) is 5.47. The molecule has 0 fully saturated rings. The molecule has 0 saturated carbocycles. The topological polar surface area (TPSA) is 58.9 Å². The van der Waals surface area contributed by atoms with Crippen LogP contribution in [0.25, 0.3) is 0 Å². The van der Waals surface area contributed by atoms with Crippen LogP contribution in [-0.4, -0.2) is 24.4 Å². The molecule has 5 heteroatoms. The molecular weight excluding hydrogens is 348 g/mol. The maximum absolute atomic E-state index is 10.8. The van der Waals surface area contributed by atoms with Crippen molar-refractivity contribution in [3.8, 4) is 23.0 Å². The molecule has 0 unspecified atom stereocenters. The monoisotopic (exact) mass is 370 g/mol. The molecule has 26 heavy (non-hydrogen) atoms. The van der Waals surface area contributed by atoms with Crippen LogP contribution in [0, 0.1) is 13.8 Å². The Bertz CT molecular complexity index is 857. The van der Waals surface area contributed by atoms with E-state index in [0.29, 0.717) is 22.6 Å². The van der Waals surface area contributed by atoms with Gasteiger partial charge in [0.2, 0.25) is 0 Å². The van der Waals surface area contributed by atoms with E-state index in [1.54, 1.807) is 37.7 Å². The van der Waals surface area contributed by atoms with Crippen molar-refractivity contribution in [1.82, 2.24) is 0 Å². The maximum atomic E-state index is 10.8. The zero-order valence-electron chi connectivity index (χ0n) is 15.2. The van der Waals surface area contributed by atoms with Gasteiger partial charge < -0.3 is 19.7 Å². The lowest BCUT2D eigenvalue weighted by molar-refractivity contribution is 0.407. The molecule has 0 spiro atoms. The van der Waals surface area contributed by atoms with Crippen molar-refractivity contribution in [1.29, 1.82) is 0 Å². The molecule has 0 saturated heterocycles. The largest absolute Gasteiger partial charge is 0.507 e. The average molecular weight is 370 g/mol. The minimum atomic E-state index is -0.336. The first-order chi connectivity index (χ1) is 12.5. The number of hydrogen-bond acceptors (Lipinski definition) is 5. The van der Waals surface area contributed by atoms with Crippen LogP contribution in [0.5, 0.6) is 23.0 Å². The number of aromatic hydroxyl groups is 2. The Kier molecular flexibility index (Phi) is 5.09. The standard InChI is InChI=1S/C21H22O4S/c1-12-8-14(24-3)10-16(20(12)22)19(18-6-5-7-26-18)17-11-15(25-4)9-13(2)21(17)23/h5-11,19,22-23H,1-4H3. The van der Waals surface area contributed by atoms with E-state index < -0.39 is 0 Å². The molecule has 2 aromatic carbocycles. The summed E-state index contributed by atoms with van der Waals surface area (Å²) in [5, 5.41) is 23.5. The number of rotatable bonds is 5. The van der Waals surface area contributed by atoms with E-state index in [4.69, 9.17) is 9.47 Å². The first kappa shape index (κ1) is 18.1. The summed E-state index contributed by atoms with van der Waals surface area (Å²) in [7, 11) is 3.20. The minimum absolute atomic E-state index is 0.198. The molecule has 2 N–H and O–H groups in total. The first-order valence-electron chi connectivity index (χ1n) is 8.24. The van der Waals surface area contributed by atoms with Crippen molar-refractivity contribution in [2.45, 2.75) is 19.8 Å². The van der Waals surface area contributed by atoms with Gasteiger partial charge in [-0.2, -0.15) is 0 Å². The molecule has 1 aromatic heterocycles. The quantitative estimate of drug-likeness (QED) is 0.665. The Balaban J connectivity index is 2.31. The fraction of sp³-hybridized carbons (Fsp3) is 0.238. The number of aryl methyl sites for hydroxylation is 2. The van der Waals surface area contributed by atoms with Crippen LogP contribution in [-0.2, 0) is 0 Å². The second-order valence-electron chi connectivity index (χ2n) is 6.21. The van der Waals surface area contributed by atoms with E-state index in [-0.39, 0.29) is 17.4 Å². The minimum Gasteiger partial charge on any atom is -0.507 e. The lowest BCUT2D eigenvalue weighted by Gasteiger charge is -2.22. The smallest absolute Gasteiger partial charge is 0.122 e. The van der Waals surface area contributed by atoms with Gasteiger partial charge in [-0.1, -0.05) is 6.07 Å². The highest BCUT2D eigenvalue weighted by Gasteiger charge is 2.26. The maximum Gasteiger partial charge on any atom is 0.122 e. The highest BCUT2D eigenvalue weighted by atomic mass is 32.1. The molecule has 136 valence electrons. The highest BCUT2D eigenvalue weighted by molar-refractivity contribution is 7.10. The SMILES string of the molecule is COc1cc(C)c(O)c(C(c2cccs2)c2cc(OC)cc(C)c2O)c1. The number of ether oxygens (including phenoxy) is 2. The molecule has 0 aliphatic carbocycles. The van der Waals surface area contributed by atoms with Crippen LogP contribution < -0.4 is 9.47 Å². The first-order valence-corrected chi connectivity index (χ1v) is 9.12. The molecule has 3 aromatic rings. The second kappa shape index (κ2) is 7.30. The lowest BCUT2D eigenvalue weighted by atomic mass is 9.86. The van der Waals surface area contributed by atoms with E-state index in [1.165, 1.54) is 0 Å². The van der Waals surface area contributed by atoms with Crippen LogP contribution in [0.1, 0.15) is 33.0 Å². The van der Waals surface area contributed by atoms with Gasteiger partial charge >= 0.3 is 0 Å². The number of benzene rings is 2. The summed E-state index contributed by atoms with van der Waals surface area (Å²) in [4.78, 5) is 1.01. The van der Waals surface area contributed by atoms with Crippen molar-refractivity contribution in [3.05, 3.63) is 68.9 Å². The summed E-state index contributed by atoms with van der Waals surface area (Å²) in [6.07, 6.45) is 0. The fourth-order valence-corrected chi connectivity index (χ4v) is 4.01. The number of phenolic OH excluding ortho intramolecular Hbond substituents is 2. The van der Waals surface area contributed by atoms with E-state index >= 15 is 0 Å². The Hall–Kier alpha value is -2.66. The molecule has 0 amide bonds. The van der Waals surface area contributed by atoms with Gasteiger partial charge in [0.15, 0.2) is 0 Å². The van der Waals surface area contributed by atoms with E-state index in [9.17, 15) is 10.2 Å². The Labute approximate surface area is 157 Å². The van der Waals surface area contributed by atoms with Crippen molar-refractivity contribution in [3.63, 3.8) is 0 Å². The van der Waals surface area contributed by atoms with E-state index in [1.807, 2.05) is 43.5 Å². The molecule has 0 aliphatic rings. The van der Waals surface area contributed by atoms with E-state index in [0.717, 1.165) is 16.0 Å². The Morgan fingerprint density at radius 1 is 0.846 bits per heavy atom. The van der Waals surface area contributed by atoms with Gasteiger partial charge in [0.25, 0.3) is 0 Å². The number of methoxy groups -OCH3 is 2. The number of hydrogen-bond donors (Lipinski definition) is 2. The number of thiophene rings is 1. The van der Waals surface area contributed by atoms with Gasteiger partial charge in [-0.3, -0.25) is 0 Å². The normalized spacial score (nSPS) is 11.0. The Morgan fingerprint density at radius 3 is 1.73 bits per heavy atom. The zero-order valence-corrected chi connectivity index (χ0v) is 16.1.